The molecule has 0 atom stereocenters. The lowest BCUT2D eigenvalue weighted by molar-refractivity contribution is 0.0695. The summed E-state index contributed by atoms with van der Waals surface area (Å²) in [5, 5.41) is 51.3. The van der Waals surface area contributed by atoms with Gasteiger partial charge in [-0.1, -0.05) is 17.7 Å². The van der Waals surface area contributed by atoms with E-state index in [1.807, 2.05) is 6.07 Å². The van der Waals surface area contributed by atoms with Crippen molar-refractivity contribution in [1.82, 2.24) is 9.97 Å². The van der Waals surface area contributed by atoms with Crippen molar-refractivity contribution in [3.8, 4) is 11.3 Å². The Hall–Kier alpha value is -3.53. The molecule has 1 aliphatic carbocycles. The topological polar surface area (TPSA) is 299 Å². The molecule has 5 rings (SSSR count). The van der Waals surface area contributed by atoms with Crippen LogP contribution in [0.1, 0.15) is 34.9 Å². The maximum Gasteiger partial charge on any atom is 0.471 e. The molecular formula is C31H39ClF2N5O12P. The molecule has 1 fully saturated rings. The number of phosphoric acid groups is 1. The Morgan fingerprint density at radius 3 is 1.88 bits per heavy atom. The van der Waals surface area contributed by atoms with Crippen LogP contribution in [0.25, 0.3) is 22.2 Å². The molecule has 0 radical (unpaired) electrons. The third kappa shape index (κ3) is 11.5. The van der Waals surface area contributed by atoms with Gasteiger partial charge in [0.05, 0.1) is 73.8 Å². The van der Waals surface area contributed by atoms with Crippen LogP contribution in [-0.2, 0) is 9.09 Å². The number of halogens is 3. The van der Waals surface area contributed by atoms with Crippen molar-refractivity contribution in [1.29, 1.82) is 0 Å². The van der Waals surface area contributed by atoms with E-state index in [9.17, 15) is 18.1 Å². The fourth-order valence-corrected chi connectivity index (χ4v) is 4.48. The lowest BCUT2D eigenvalue weighted by Gasteiger charge is -2.22. The van der Waals surface area contributed by atoms with E-state index in [1.165, 1.54) is 6.20 Å². The van der Waals surface area contributed by atoms with Gasteiger partial charge in [0.1, 0.15) is 35.3 Å². The van der Waals surface area contributed by atoms with Gasteiger partial charge in [0.25, 0.3) is 5.91 Å². The third-order valence-electron chi connectivity index (χ3n) is 7.46. The monoisotopic (exact) mass is 777 g/mol. The Morgan fingerprint density at radius 2 is 1.46 bits per heavy atom. The van der Waals surface area contributed by atoms with Crippen LogP contribution in [0.2, 0.25) is 5.02 Å². The minimum absolute atomic E-state index is 0.272. The number of carbonyl (C=O) groups is 1. The Bertz CT molecular complexity index is 1780. The molecule has 52 heavy (non-hydrogen) atoms. The van der Waals surface area contributed by atoms with E-state index in [-0.39, 0.29) is 5.82 Å². The summed E-state index contributed by atoms with van der Waals surface area (Å²) in [5.41, 5.74) is 8.33. The van der Waals surface area contributed by atoms with Gasteiger partial charge in [-0.05, 0) is 43.2 Å². The summed E-state index contributed by atoms with van der Waals surface area (Å²) in [7, 11) is -5.04. The number of fused-ring (bicyclic) bond motifs is 1. The number of benzene rings is 2. The molecule has 286 valence electrons. The lowest BCUT2D eigenvalue weighted by atomic mass is 10.1. The summed E-state index contributed by atoms with van der Waals surface area (Å²) in [5.74, 6) is -2.59. The number of nitrogens with zero attached hydrogens (tertiary/aromatic N) is 3. The highest BCUT2D eigenvalue weighted by Crippen LogP contribution is 2.43. The number of rotatable bonds is 13. The summed E-state index contributed by atoms with van der Waals surface area (Å²) in [6, 6.07) is 8.20. The number of hydrogen-bond donors (Lipinski definition) is 10. The van der Waals surface area contributed by atoms with Gasteiger partial charge in [0.15, 0.2) is 5.82 Å². The minimum atomic E-state index is -5.04. The molecular weight excluding hydrogens is 739 g/mol. The molecule has 12 N–H and O–H groups in total. The van der Waals surface area contributed by atoms with Crippen molar-refractivity contribution in [2.45, 2.75) is 29.8 Å². The summed E-state index contributed by atoms with van der Waals surface area (Å²) in [4.78, 5) is 40.0. The van der Waals surface area contributed by atoms with Gasteiger partial charge in [-0.3, -0.25) is 19.2 Å². The molecule has 2 aromatic carbocycles. The number of aromatic nitrogens is 2. The van der Waals surface area contributed by atoms with Crippen LogP contribution >= 0.6 is 19.4 Å². The Morgan fingerprint density at radius 1 is 0.923 bits per heavy atom. The smallest absolute Gasteiger partial charge is 0.461 e. The minimum Gasteiger partial charge on any atom is -0.461 e. The highest BCUT2D eigenvalue weighted by atomic mass is 35.5. The molecule has 0 aliphatic heterocycles. The number of carbonyl (C=O) groups excluding carboxylic acids is 1. The van der Waals surface area contributed by atoms with Gasteiger partial charge in [-0.15, -0.1) is 0 Å². The summed E-state index contributed by atoms with van der Waals surface area (Å²) in [6.45, 7) is -3.46. The zero-order valence-electron chi connectivity index (χ0n) is 27.3. The number of amides is 1. The molecule has 0 spiro atoms. The number of nitrogens with two attached hydrogens (primary N) is 2. The average Bonchev–Trinajstić information content (AvgIpc) is 3.90. The van der Waals surface area contributed by atoms with Crippen LogP contribution in [-0.4, -0.2) is 114 Å². The Balaban J connectivity index is 0.000000380. The Kier molecular flexibility index (Phi) is 15.2. The number of hydrogen-bond acceptors (Lipinski definition) is 14. The highest BCUT2D eigenvalue weighted by Gasteiger charge is 2.29. The summed E-state index contributed by atoms with van der Waals surface area (Å²) >= 11 is 6.45. The molecule has 0 saturated heterocycles. The highest BCUT2D eigenvalue weighted by molar-refractivity contribution is 7.46. The van der Waals surface area contributed by atoms with Crippen LogP contribution in [0.4, 0.5) is 14.6 Å². The number of aliphatic hydroxyl groups is 6. The zero-order chi connectivity index (χ0) is 38.9. The van der Waals surface area contributed by atoms with Gasteiger partial charge in [0.2, 0.25) is 0 Å². The predicted molar refractivity (Wildman–Crippen MR) is 182 cm³/mol. The zero-order valence-corrected chi connectivity index (χ0v) is 29.0. The second kappa shape index (κ2) is 18.5. The first-order chi connectivity index (χ1) is 24.5. The van der Waals surface area contributed by atoms with Crippen molar-refractivity contribution < 1.29 is 67.5 Å². The maximum absolute atomic E-state index is 14.2. The first kappa shape index (κ1) is 42.9. The lowest BCUT2D eigenvalue weighted by Crippen LogP contribution is -2.50. The molecule has 2 aromatic heterocycles. The van der Waals surface area contributed by atoms with Crippen LogP contribution < -0.4 is 16.4 Å². The molecule has 17 nitrogen and oxygen atoms in total. The number of aliphatic hydroxyl groups excluding tert-OH is 6. The largest absolute Gasteiger partial charge is 0.471 e. The molecule has 21 heteroatoms. The summed E-state index contributed by atoms with van der Waals surface area (Å²) in [6.07, 6.45) is 4.49. The van der Waals surface area contributed by atoms with Gasteiger partial charge >= 0.3 is 7.82 Å². The molecule has 1 aliphatic rings. The first-order valence-corrected chi connectivity index (χ1v) is 17.1. The predicted octanol–water partition coefficient (Wildman–Crippen LogP) is 0.734. The van der Waals surface area contributed by atoms with E-state index < -0.39 is 88.4 Å². The van der Waals surface area contributed by atoms with Crippen LogP contribution in [0.3, 0.4) is 0 Å². The fraction of sp³-hybridized carbons (Fsp3) is 0.387. The fourth-order valence-electron chi connectivity index (χ4n) is 3.94. The van der Waals surface area contributed by atoms with Gasteiger partial charge in [0, 0.05) is 16.9 Å². The Labute approximate surface area is 299 Å². The van der Waals surface area contributed by atoms with E-state index in [2.05, 4.69) is 14.5 Å². The first-order valence-electron chi connectivity index (χ1n) is 15.2. The maximum atomic E-state index is 14.2. The number of phosphoric ester groups is 1. The third-order valence-corrected chi connectivity index (χ3v) is 8.23. The molecule has 0 unspecified atom stereocenters. The van der Waals surface area contributed by atoms with E-state index in [4.69, 9.17) is 67.9 Å². The summed E-state index contributed by atoms with van der Waals surface area (Å²) < 4.78 is 50.0. The second-order valence-electron chi connectivity index (χ2n) is 11.8. The van der Waals surface area contributed by atoms with Crippen LogP contribution in [0.5, 0.6) is 0 Å². The van der Waals surface area contributed by atoms with E-state index >= 15 is 0 Å². The average molecular weight is 778 g/mol. The van der Waals surface area contributed by atoms with Crippen LogP contribution in [0, 0.1) is 11.6 Å². The normalized spacial score (nSPS) is 13.2. The molecule has 0 bridgehead atoms. The quantitative estimate of drug-likeness (QED) is 0.0661. The molecule has 2 heterocycles. The van der Waals surface area contributed by atoms with Gasteiger partial charge in [-0.25, -0.2) is 18.3 Å². The van der Waals surface area contributed by atoms with Gasteiger partial charge in [-0.2, -0.15) is 0 Å². The van der Waals surface area contributed by atoms with Crippen molar-refractivity contribution >= 4 is 42.1 Å². The molecule has 4 aromatic rings. The number of furan rings is 1. The molecule has 1 saturated carbocycles. The second-order valence-corrected chi connectivity index (χ2v) is 13.5. The van der Waals surface area contributed by atoms with Gasteiger partial charge < -0.3 is 56.3 Å². The van der Waals surface area contributed by atoms with Crippen molar-refractivity contribution in [3.63, 3.8) is 0 Å². The van der Waals surface area contributed by atoms with Crippen molar-refractivity contribution in [3.05, 3.63) is 76.8 Å². The SMILES string of the molecule is NC(CO)(CO)CO.NC(CO)(CO)CO.O=C(c1c(F)cccc1F)N(COP(=O)(O)O)c1cnc(-c2cc3oc(C4CC4)cc3cc2Cl)cn1. The van der Waals surface area contributed by atoms with E-state index in [1.54, 1.807) is 12.1 Å². The van der Waals surface area contributed by atoms with E-state index in [0.29, 0.717) is 32.7 Å². The van der Waals surface area contributed by atoms with Crippen molar-refractivity contribution in [2.24, 2.45) is 11.5 Å². The molecule has 1 amide bonds. The number of anilines is 1. The van der Waals surface area contributed by atoms with E-state index in [0.717, 1.165) is 48.4 Å². The van der Waals surface area contributed by atoms with Crippen molar-refractivity contribution in [2.75, 3.05) is 51.3 Å². The van der Waals surface area contributed by atoms with Crippen LogP contribution in [0.15, 0.2) is 53.2 Å². The standard InChI is InChI=1S/C23H17ClF2N3O6P.2C4H11NO3/c24-15-6-13-7-19(12-4-5-12)35-20(13)8-14(15)18-9-28-21(10-27-18)29(11-34-36(31,32)33)23(30)22-16(25)2-1-3-17(22)26;2*5-4(1-6,2-7)3-8/h1-3,6-10,12H,4-5,11H2,(H2,31,32,33);2*6-8H,1-3,5H2.